The van der Waals surface area contributed by atoms with Gasteiger partial charge in [-0.25, -0.2) is 0 Å². The van der Waals surface area contributed by atoms with Crippen molar-refractivity contribution in [3.05, 3.63) is 77.5 Å². The predicted molar refractivity (Wildman–Crippen MR) is 111 cm³/mol. The van der Waals surface area contributed by atoms with E-state index in [1.165, 1.54) is 0 Å². The molecule has 1 heterocycles. The van der Waals surface area contributed by atoms with Gasteiger partial charge in [-0.15, -0.1) is 10.2 Å². The summed E-state index contributed by atoms with van der Waals surface area (Å²) in [5.74, 6) is 1.76. The number of aromatic nitrogens is 2. The zero-order valence-corrected chi connectivity index (χ0v) is 16.8. The fourth-order valence-corrected chi connectivity index (χ4v) is 2.85. The number of anilines is 1. The molecule has 0 spiro atoms. The summed E-state index contributed by atoms with van der Waals surface area (Å²) in [6.07, 6.45) is 0. The van der Waals surface area contributed by atoms with Gasteiger partial charge >= 0.3 is 0 Å². The normalized spacial score (nSPS) is 10.3. The molecule has 0 atom stereocenters. The molecular formula is C22H24N4O3. The number of amides is 1. The van der Waals surface area contributed by atoms with Crippen LogP contribution >= 0.6 is 0 Å². The number of methoxy groups -OCH3 is 2. The van der Waals surface area contributed by atoms with Crippen LogP contribution in [0.15, 0.2) is 60.7 Å². The maximum absolute atomic E-state index is 12.5. The summed E-state index contributed by atoms with van der Waals surface area (Å²) in [6.45, 7) is 1.05. The summed E-state index contributed by atoms with van der Waals surface area (Å²) in [5, 5.41) is 11.4. The van der Waals surface area contributed by atoms with E-state index in [0.29, 0.717) is 36.1 Å². The third-order valence-electron chi connectivity index (χ3n) is 4.41. The van der Waals surface area contributed by atoms with E-state index in [2.05, 4.69) is 15.5 Å². The average molecular weight is 392 g/mol. The molecule has 0 saturated carbocycles. The molecule has 1 N–H and O–H groups in total. The molecule has 7 heteroatoms. The number of benzene rings is 2. The third-order valence-corrected chi connectivity index (χ3v) is 4.41. The summed E-state index contributed by atoms with van der Waals surface area (Å²) in [7, 11) is 4.96. The Bertz CT molecular complexity index is 946. The van der Waals surface area contributed by atoms with E-state index in [1.54, 1.807) is 38.3 Å². The van der Waals surface area contributed by atoms with E-state index in [-0.39, 0.29) is 5.91 Å². The standard InChI is InChI=1S/C22H24N4O3/c1-26(15-16-7-5-4-6-8-16)22(27)18-10-12-21(25-24-18)23-14-17-9-11-19(28-2)20(13-17)29-3/h4-13H,14-15H2,1-3H3,(H,23,25). The molecule has 0 unspecified atom stereocenters. The van der Waals surface area contributed by atoms with Crippen molar-refractivity contribution < 1.29 is 14.3 Å². The second-order valence-electron chi connectivity index (χ2n) is 6.49. The van der Waals surface area contributed by atoms with Crippen molar-refractivity contribution in [2.45, 2.75) is 13.1 Å². The van der Waals surface area contributed by atoms with Gasteiger partial charge in [0.05, 0.1) is 14.2 Å². The highest BCUT2D eigenvalue weighted by Crippen LogP contribution is 2.27. The maximum Gasteiger partial charge on any atom is 0.274 e. The molecule has 0 bridgehead atoms. The lowest BCUT2D eigenvalue weighted by Gasteiger charge is -2.16. The van der Waals surface area contributed by atoms with Crippen LogP contribution in [-0.2, 0) is 13.1 Å². The van der Waals surface area contributed by atoms with Gasteiger partial charge in [0, 0.05) is 20.1 Å². The van der Waals surface area contributed by atoms with E-state index in [4.69, 9.17) is 9.47 Å². The number of carbonyl (C=O) groups excluding carboxylic acids is 1. The van der Waals surface area contributed by atoms with E-state index in [0.717, 1.165) is 11.1 Å². The van der Waals surface area contributed by atoms with Crippen molar-refractivity contribution in [3.8, 4) is 11.5 Å². The number of nitrogens with zero attached hydrogens (tertiary/aromatic N) is 3. The second-order valence-corrected chi connectivity index (χ2v) is 6.49. The van der Waals surface area contributed by atoms with Crippen LogP contribution in [0.3, 0.4) is 0 Å². The highest BCUT2D eigenvalue weighted by molar-refractivity contribution is 5.92. The van der Waals surface area contributed by atoms with Crippen LogP contribution in [-0.4, -0.2) is 42.3 Å². The number of hydrogen-bond donors (Lipinski definition) is 1. The molecule has 2 aromatic carbocycles. The molecule has 1 aromatic heterocycles. The smallest absolute Gasteiger partial charge is 0.274 e. The molecule has 0 saturated heterocycles. The summed E-state index contributed by atoms with van der Waals surface area (Å²) < 4.78 is 10.6. The van der Waals surface area contributed by atoms with Crippen molar-refractivity contribution in [3.63, 3.8) is 0 Å². The Morgan fingerprint density at radius 3 is 2.34 bits per heavy atom. The molecule has 3 rings (SSSR count). The number of hydrogen-bond acceptors (Lipinski definition) is 6. The molecule has 29 heavy (non-hydrogen) atoms. The molecular weight excluding hydrogens is 368 g/mol. The first-order valence-corrected chi connectivity index (χ1v) is 9.18. The monoisotopic (exact) mass is 392 g/mol. The van der Waals surface area contributed by atoms with Gasteiger partial charge in [0.1, 0.15) is 5.82 Å². The number of nitrogens with one attached hydrogen (secondary N) is 1. The van der Waals surface area contributed by atoms with Gasteiger partial charge in [0.25, 0.3) is 5.91 Å². The Balaban J connectivity index is 1.59. The largest absolute Gasteiger partial charge is 0.493 e. The second kappa shape index (κ2) is 9.54. The van der Waals surface area contributed by atoms with Crippen LogP contribution in [0.1, 0.15) is 21.6 Å². The average Bonchev–Trinajstić information content (AvgIpc) is 2.78. The minimum atomic E-state index is -0.173. The van der Waals surface area contributed by atoms with Crippen LogP contribution < -0.4 is 14.8 Å². The van der Waals surface area contributed by atoms with Crippen molar-refractivity contribution >= 4 is 11.7 Å². The fraction of sp³-hybridized carbons (Fsp3) is 0.227. The zero-order chi connectivity index (χ0) is 20.6. The van der Waals surface area contributed by atoms with Crippen LogP contribution in [0.25, 0.3) is 0 Å². The number of ether oxygens (including phenoxy) is 2. The van der Waals surface area contributed by atoms with Crippen molar-refractivity contribution in [1.82, 2.24) is 15.1 Å². The SMILES string of the molecule is COc1ccc(CNc2ccc(C(=O)N(C)Cc3ccccc3)nn2)cc1OC. The van der Waals surface area contributed by atoms with E-state index >= 15 is 0 Å². The molecule has 3 aromatic rings. The van der Waals surface area contributed by atoms with Crippen LogP contribution in [0, 0.1) is 0 Å². The van der Waals surface area contributed by atoms with Gasteiger partial charge in [-0.1, -0.05) is 36.4 Å². The topological polar surface area (TPSA) is 76.6 Å². The Labute approximate surface area is 170 Å². The van der Waals surface area contributed by atoms with Crippen molar-refractivity contribution in [2.24, 2.45) is 0 Å². The van der Waals surface area contributed by atoms with Gasteiger partial charge in [-0.3, -0.25) is 4.79 Å². The van der Waals surface area contributed by atoms with Gasteiger partial charge in [0.2, 0.25) is 0 Å². The Morgan fingerprint density at radius 2 is 1.69 bits per heavy atom. The highest BCUT2D eigenvalue weighted by atomic mass is 16.5. The molecule has 0 aliphatic rings. The Morgan fingerprint density at radius 1 is 0.931 bits per heavy atom. The Hall–Kier alpha value is -3.61. The van der Waals surface area contributed by atoms with Crippen molar-refractivity contribution in [1.29, 1.82) is 0 Å². The molecule has 7 nitrogen and oxygen atoms in total. The number of carbonyl (C=O) groups is 1. The van der Waals surface area contributed by atoms with Gasteiger partial charge in [-0.05, 0) is 35.4 Å². The number of rotatable bonds is 8. The van der Waals surface area contributed by atoms with Crippen LogP contribution in [0.4, 0.5) is 5.82 Å². The molecule has 0 fully saturated rings. The van der Waals surface area contributed by atoms with E-state index in [1.807, 2.05) is 48.5 Å². The first-order valence-electron chi connectivity index (χ1n) is 9.18. The maximum atomic E-state index is 12.5. The summed E-state index contributed by atoms with van der Waals surface area (Å²) in [5.41, 5.74) is 2.37. The summed E-state index contributed by atoms with van der Waals surface area (Å²) in [4.78, 5) is 14.2. The lowest BCUT2D eigenvalue weighted by atomic mass is 10.2. The minimum absolute atomic E-state index is 0.173. The van der Waals surface area contributed by atoms with Crippen LogP contribution in [0.5, 0.6) is 11.5 Å². The molecule has 0 aliphatic heterocycles. The minimum Gasteiger partial charge on any atom is -0.493 e. The summed E-state index contributed by atoms with van der Waals surface area (Å²) >= 11 is 0. The van der Waals surface area contributed by atoms with Gasteiger partial charge in [-0.2, -0.15) is 0 Å². The lowest BCUT2D eigenvalue weighted by molar-refractivity contribution is 0.0778. The predicted octanol–water partition coefficient (Wildman–Crippen LogP) is 3.38. The first kappa shape index (κ1) is 20.1. The van der Waals surface area contributed by atoms with Crippen molar-refractivity contribution in [2.75, 3.05) is 26.6 Å². The molecule has 0 aliphatic carbocycles. The molecule has 1 amide bonds. The summed E-state index contributed by atoms with van der Waals surface area (Å²) in [6, 6.07) is 18.9. The zero-order valence-electron chi connectivity index (χ0n) is 16.8. The van der Waals surface area contributed by atoms with Gasteiger partial charge < -0.3 is 19.7 Å². The third kappa shape index (κ3) is 5.22. The molecule has 150 valence electrons. The first-order chi connectivity index (χ1) is 14.1. The quantitative estimate of drug-likeness (QED) is 0.633. The molecule has 0 radical (unpaired) electrons. The highest BCUT2D eigenvalue weighted by Gasteiger charge is 2.14. The fourth-order valence-electron chi connectivity index (χ4n) is 2.85. The van der Waals surface area contributed by atoms with E-state index < -0.39 is 0 Å². The van der Waals surface area contributed by atoms with Crippen LogP contribution in [0.2, 0.25) is 0 Å². The Kier molecular flexibility index (Phi) is 6.63. The lowest BCUT2D eigenvalue weighted by Crippen LogP contribution is -2.27. The van der Waals surface area contributed by atoms with E-state index in [9.17, 15) is 4.79 Å². The van der Waals surface area contributed by atoms with Gasteiger partial charge in [0.15, 0.2) is 17.2 Å².